The molecule has 2 N–H and O–H groups in total. The maximum absolute atomic E-state index is 13.4. The minimum atomic E-state index is -0.433. The molecule has 2 aromatic carbocycles. The van der Waals surface area contributed by atoms with E-state index in [2.05, 4.69) is 0 Å². The van der Waals surface area contributed by atoms with E-state index in [-0.39, 0.29) is 18.2 Å². The van der Waals surface area contributed by atoms with Crippen molar-refractivity contribution in [3.05, 3.63) is 66.0 Å². The summed E-state index contributed by atoms with van der Waals surface area (Å²) in [6.45, 7) is 1.31. The van der Waals surface area contributed by atoms with E-state index in [1.807, 2.05) is 30.3 Å². The maximum atomic E-state index is 13.4. The molecule has 0 unspecified atom stereocenters. The van der Waals surface area contributed by atoms with Gasteiger partial charge in [-0.1, -0.05) is 24.3 Å². The molecule has 27 heavy (non-hydrogen) atoms. The Balaban J connectivity index is 1.66. The van der Waals surface area contributed by atoms with Gasteiger partial charge >= 0.3 is 0 Å². The van der Waals surface area contributed by atoms with Crippen LogP contribution in [0.4, 0.5) is 4.39 Å². The van der Waals surface area contributed by atoms with Crippen LogP contribution < -0.4 is 10.5 Å². The van der Waals surface area contributed by atoms with Gasteiger partial charge in [0.2, 0.25) is 5.91 Å². The SMILES string of the molecule is NC(=O)CC1(COc2ccccc2)CCN(C(=O)c2cccc(F)c2)CC1. The highest BCUT2D eigenvalue weighted by Gasteiger charge is 2.38. The lowest BCUT2D eigenvalue weighted by Crippen LogP contribution is -2.47. The third-order valence-electron chi connectivity index (χ3n) is 5.02. The Morgan fingerprint density at radius 1 is 1.07 bits per heavy atom. The fourth-order valence-corrected chi connectivity index (χ4v) is 3.48. The molecule has 1 heterocycles. The van der Waals surface area contributed by atoms with Crippen LogP contribution >= 0.6 is 0 Å². The molecule has 1 aliphatic rings. The Hall–Kier alpha value is -2.89. The Bertz CT molecular complexity index is 802. The number of ether oxygens (including phenoxy) is 1. The number of benzene rings is 2. The quantitative estimate of drug-likeness (QED) is 0.850. The van der Waals surface area contributed by atoms with Gasteiger partial charge in [-0.15, -0.1) is 0 Å². The number of rotatable bonds is 6. The zero-order chi connectivity index (χ0) is 19.3. The molecule has 0 radical (unpaired) electrons. The first kappa shape index (κ1) is 18.9. The maximum Gasteiger partial charge on any atom is 0.253 e. The van der Waals surface area contributed by atoms with Gasteiger partial charge in [0.25, 0.3) is 5.91 Å². The first-order valence-electron chi connectivity index (χ1n) is 8.98. The van der Waals surface area contributed by atoms with Crippen molar-refractivity contribution in [2.75, 3.05) is 19.7 Å². The van der Waals surface area contributed by atoms with E-state index >= 15 is 0 Å². The highest BCUT2D eigenvalue weighted by Crippen LogP contribution is 2.36. The number of nitrogens with two attached hydrogens (primary N) is 1. The van der Waals surface area contributed by atoms with Crippen LogP contribution in [0, 0.1) is 11.2 Å². The zero-order valence-electron chi connectivity index (χ0n) is 15.1. The average molecular weight is 370 g/mol. The second kappa shape index (κ2) is 8.20. The number of piperidine rings is 1. The van der Waals surface area contributed by atoms with Gasteiger partial charge in [-0.3, -0.25) is 9.59 Å². The molecular weight excluding hydrogens is 347 g/mol. The van der Waals surface area contributed by atoms with Crippen molar-refractivity contribution in [2.45, 2.75) is 19.3 Å². The summed E-state index contributed by atoms with van der Waals surface area (Å²) in [5.41, 5.74) is 5.39. The van der Waals surface area contributed by atoms with Crippen molar-refractivity contribution in [3.8, 4) is 5.75 Å². The Labute approximate surface area is 157 Å². The van der Waals surface area contributed by atoms with Gasteiger partial charge in [0.05, 0.1) is 6.61 Å². The van der Waals surface area contributed by atoms with E-state index in [0.717, 1.165) is 5.75 Å². The molecule has 0 aliphatic carbocycles. The lowest BCUT2D eigenvalue weighted by molar-refractivity contribution is -0.121. The molecule has 6 heteroatoms. The number of para-hydroxylation sites is 1. The first-order valence-corrected chi connectivity index (χ1v) is 8.98. The standard InChI is InChI=1S/C21H23FN2O3/c22-17-6-4-5-16(13-17)20(26)24-11-9-21(10-12-24,14-19(23)25)15-27-18-7-2-1-3-8-18/h1-8,13H,9-12,14-15H2,(H2,23,25). The summed E-state index contributed by atoms with van der Waals surface area (Å²) in [7, 11) is 0. The number of halogens is 1. The van der Waals surface area contributed by atoms with Gasteiger partial charge in [0.1, 0.15) is 11.6 Å². The highest BCUT2D eigenvalue weighted by molar-refractivity contribution is 5.94. The average Bonchev–Trinajstić information content (AvgIpc) is 2.67. The van der Waals surface area contributed by atoms with Crippen LogP contribution in [0.1, 0.15) is 29.6 Å². The highest BCUT2D eigenvalue weighted by atomic mass is 19.1. The summed E-state index contributed by atoms with van der Waals surface area (Å²) in [6.07, 6.45) is 1.41. The molecular formula is C21H23FN2O3. The Morgan fingerprint density at radius 3 is 2.41 bits per heavy atom. The number of hydrogen-bond donors (Lipinski definition) is 1. The fraction of sp³-hybridized carbons (Fsp3) is 0.333. The fourth-order valence-electron chi connectivity index (χ4n) is 3.48. The first-order chi connectivity index (χ1) is 13.0. The molecule has 0 bridgehead atoms. The monoisotopic (exact) mass is 370 g/mol. The predicted molar refractivity (Wildman–Crippen MR) is 99.7 cm³/mol. The number of amides is 2. The van der Waals surface area contributed by atoms with Crippen LogP contribution in [0.3, 0.4) is 0 Å². The number of primary amides is 1. The van der Waals surface area contributed by atoms with Crippen LogP contribution in [-0.4, -0.2) is 36.4 Å². The molecule has 3 rings (SSSR count). The lowest BCUT2D eigenvalue weighted by Gasteiger charge is -2.41. The molecule has 1 saturated heterocycles. The van der Waals surface area contributed by atoms with E-state index < -0.39 is 11.2 Å². The van der Waals surface area contributed by atoms with Crippen LogP contribution in [-0.2, 0) is 4.79 Å². The van der Waals surface area contributed by atoms with E-state index in [9.17, 15) is 14.0 Å². The van der Waals surface area contributed by atoms with Gasteiger partial charge in [0.15, 0.2) is 0 Å². The topological polar surface area (TPSA) is 72.6 Å². The molecule has 0 saturated carbocycles. The van der Waals surface area contributed by atoms with Crippen molar-refractivity contribution in [1.29, 1.82) is 0 Å². The molecule has 0 atom stereocenters. The van der Waals surface area contributed by atoms with Gasteiger partial charge < -0.3 is 15.4 Å². The summed E-state index contributed by atoms with van der Waals surface area (Å²) in [5.74, 6) is -0.278. The third-order valence-corrected chi connectivity index (χ3v) is 5.02. The molecule has 1 fully saturated rings. The number of hydrogen-bond acceptors (Lipinski definition) is 3. The number of likely N-dealkylation sites (tertiary alicyclic amines) is 1. The zero-order valence-corrected chi connectivity index (χ0v) is 15.1. The Kier molecular flexibility index (Phi) is 5.74. The molecule has 2 aromatic rings. The summed E-state index contributed by atoms with van der Waals surface area (Å²) in [6, 6.07) is 15.1. The molecule has 1 aliphatic heterocycles. The molecule has 0 aromatic heterocycles. The summed E-state index contributed by atoms with van der Waals surface area (Å²) < 4.78 is 19.3. The van der Waals surface area contributed by atoms with E-state index in [0.29, 0.717) is 38.1 Å². The second-order valence-electron chi connectivity index (χ2n) is 7.05. The van der Waals surface area contributed by atoms with Gasteiger partial charge in [0, 0.05) is 30.5 Å². The van der Waals surface area contributed by atoms with Crippen molar-refractivity contribution >= 4 is 11.8 Å². The predicted octanol–water partition coefficient (Wildman–Crippen LogP) is 3.00. The van der Waals surface area contributed by atoms with E-state index in [1.165, 1.54) is 18.2 Å². The second-order valence-corrected chi connectivity index (χ2v) is 7.05. The normalized spacial score (nSPS) is 16.0. The minimum absolute atomic E-state index is 0.203. The molecule has 0 spiro atoms. The number of carbonyl (C=O) groups excluding carboxylic acids is 2. The molecule has 2 amide bonds. The summed E-state index contributed by atoms with van der Waals surface area (Å²) >= 11 is 0. The molecule has 5 nitrogen and oxygen atoms in total. The van der Waals surface area contributed by atoms with Gasteiger partial charge in [-0.2, -0.15) is 0 Å². The van der Waals surface area contributed by atoms with Gasteiger partial charge in [-0.25, -0.2) is 4.39 Å². The Morgan fingerprint density at radius 2 is 1.78 bits per heavy atom. The lowest BCUT2D eigenvalue weighted by atomic mass is 9.76. The number of carbonyl (C=O) groups is 2. The largest absolute Gasteiger partial charge is 0.493 e. The third kappa shape index (κ3) is 4.84. The van der Waals surface area contributed by atoms with Crippen molar-refractivity contribution in [3.63, 3.8) is 0 Å². The van der Waals surface area contributed by atoms with Crippen molar-refractivity contribution < 1.29 is 18.7 Å². The van der Waals surface area contributed by atoms with Crippen LogP contribution in [0.15, 0.2) is 54.6 Å². The molecule has 142 valence electrons. The van der Waals surface area contributed by atoms with Crippen molar-refractivity contribution in [2.24, 2.45) is 11.1 Å². The summed E-state index contributed by atoms with van der Waals surface area (Å²) in [5, 5.41) is 0. The van der Waals surface area contributed by atoms with Crippen LogP contribution in [0.25, 0.3) is 0 Å². The number of nitrogens with zero attached hydrogens (tertiary/aromatic N) is 1. The van der Waals surface area contributed by atoms with Crippen LogP contribution in [0.2, 0.25) is 0 Å². The van der Waals surface area contributed by atoms with E-state index in [1.54, 1.807) is 11.0 Å². The van der Waals surface area contributed by atoms with Crippen LogP contribution in [0.5, 0.6) is 5.75 Å². The van der Waals surface area contributed by atoms with Gasteiger partial charge in [-0.05, 0) is 43.2 Å². The minimum Gasteiger partial charge on any atom is -0.493 e. The van der Waals surface area contributed by atoms with E-state index in [4.69, 9.17) is 10.5 Å². The smallest absolute Gasteiger partial charge is 0.253 e. The summed E-state index contributed by atoms with van der Waals surface area (Å²) in [4.78, 5) is 25.9. The van der Waals surface area contributed by atoms with Crippen molar-refractivity contribution in [1.82, 2.24) is 4.90 Å².